The summed E-state index contributed by atoms with van der Waals surface area (Å²) in [5.41, 5.74) is 3.29. The topological polar surface area (TPSA) is 113 Å². The van der Waals surface area contributed by atoms with E-state index in [4.69, 9.17) is 29.1 Å². The Morgan fingerprint density at radius 2 is 1.44 bits per heavy atom. The van der Waals surface area contributed by atoms with Crippen LogP contribution in [-0.4, -0.2) is 56.3 Å². The van der Waals surface area contributed by atoms with E-state index in [2.05, 4.69) is 78.8 Å². The van der Waals surface area contributed by atoms with E-state index >= 15 is 0 Å². The Kier molecular flexibility index (Phi) is 11.4. The highest BCUT2D eigenvalue weighted by Crippen LogP contribution is 2.23. The van der Waals surface area contributed by atoms with Crippen molar-refractivity contribution >= 4 is 69.2 Å². The molecular weight excluding hydrogens is 676 g/mol. The average Bonchev–Trinajstić information content (AvgIpc) is 3.28. The summed E-state index contributed by atoms with van der Waals surface area (Å²) in [7, 11) is 0. The lowest BCUT2D eigenvalue weighted by Gasteiger charge is -2.12. The van der Waals surface area contributed by atoms with E-state index in [0.29, 0.717) is 47.3 Å². The number of nitrogens with zero attached hydrogens (tertiary/aromatic N) is 5. The lowest BCUT2D eigenvalue weighted by molar-refractivity contribution is 0.0653. The number of anilines is 2. The number of aromatic nitrogens is 4. The monoisotopic (exact) mass is 723 g/mol. The largest absolute Gasteiger partial charge is 0.369 e. The number of carbonyl (C=O) groups excluding carboxylic acids is 2. The summed E-state index contributed by atoms with van der Waals surface area (Å²) < 4.78 is 21.0. The maximum atomic E-state index is 12.3. The van der Waals surface area contributed by atoms with Gasteiger partial charge in [-0.1, -0.05) is 37.8 Å². The van der Waals surface area contributed by atoms with Crippen LogP contribution in [-0.2, 0) is 0 Å². The van der Waals surface area contributed by atoms with Crippen molar-refractivity contribution in [2.75, 3.05) is 30.3 Å². The molecule has 1 aliphatic rings. The van der Waals surface area contributed by atoms with Crippen LogP contribution in [0.3, 0.4) is 0 Å². The van der Waals surface area contributed by atoms with Crippen LogP contribution in [0.2, 0.25) is 10.6 Å². The zero-order chi connectivity index (χ0) is 33.9. The Labute approximate surface area is 272 Å². The van der Waals surface area contributed by atoms with Gasteiger partial charge in [0.1, 0.15) is 11.6 Å². The molecule has 0 aliphatic carbocycles. The van der Waals surface area contributed by atoms with E-state index < -0.39 is 0 Å². The highest BCUT2D eigenvalue weighted by atomic mass is 127. The summed E-state index contributed by atoms with van der Waals surface area (Å²) in [4.78, 5) is 42.5. The predicted octanol–water partition coefficient (Wildman–Crippen LogP) is 7.29. The molecule has 0 saturated carbocycles. The predicted molar refractivity (Wildman–Crippen MR) is 178 cm³/mol. The third kappa shape index (κ3) is 8.74. The van der Waals surface area contributed by atoms with Crippen molar-refractivity contribution in [1.82, 2.24) is 24.8 Å². The third-order valence-corrected chi connectivity index (χ3v) is 7.54. The van der Waals surface area contributed by atoms with Crippen molar-refractivity contribution in [1.29, 1.82) is 0 Å². The zero-order valence-electron chi connectivity index (χ0n) is 27.4. The maximum absolute atomic E-state index is 12.3. The molecular formula is C29H38Cl2IN7O2. The van der Waals surface area contributed by atoms with Crippen molar-refractivity contribution in [3.05, 3.63) is 66.5 Å². The van der Waals surface area contributed by atoms with E-state index in [1.165, 1.54) is 4.90 Å². The fraction of sp³-hybridized carbons (Fsp3) is 0.379. The Balaban J connectivity index is 0.000000948. The highest BCUT2D eigenvalue weighted by molar-refractivity contribution is 14.1. The van der Waals surface area contributed by atoms with Crippen molar-refractivity contribution in [3.63, 3.8) is 0 Å². The first-order valence-electron chi connectivity index (χ1n) is 15.3. The number of nitrogens with one attached hydrogen (secondary N) is 2. The van der Waals surface area contributed by atoms with Crippen molar-refractivity contribution in [3.8, 4) is 11.8 Å². The van der Waals surface area contributed by atoms with E-state index in [9.17, 15) is 9.59 Å². The van der Waals surface area contributed by atoms with Gasteiger partial charge in [0.2, 0.25) is 10.6 Å². The average molecular weight is 725 g/mol. The molecule has 0 saturated heterocycles. The molecule has 0 spiro atoms. The Bertz CT molecular complexity index is 1460. The van der Waals surface area contributed by atoms with E-state index in [0.717, 1.165) is 46.6 Å². The molecule has 3 aromatic rings. The van der Waals surface area contributed by atoms with E-state index in [1.807, 2.05) is 13.8 Å². The van der Waals surface area contributed by atoms with Gasteiger partial charge in [-0.25, -0.2) is 9.97 Å². The van der Waals surface area contributed by atoms with Gasteiger partial charge in [0.25, 0.3) is 11.8 Å². The van der Waals surface area contributed by atoms with Crippen LogP contribution in [0.1, 0.15) is 84.6 Å². The van der Waals surface area contributed by atoms with Gasteiger partial charge >= 0.3 is 0 Å². The van der Waals surface area contributed by atoms with Crippen LogP contribution in [0.25, 0.3) is 0 Å². The lowest BCUT2D eigenvalue weighted by Crippen LogP contribution is -2.30. The molecule has 0 unspecified atom stereocenters. The van der Waals surface area contributed by atoms with Crippen molar-refractivity contribution in [2.45, 2.75) is 53.4 Å². The molecule has 1 aliphatic heterocycles. The second kappa shape index (κ2) is 15.8. The van der Waals surface area contributed by atoms with Gasteiger partial charge in [-0.05, 0) is 91.0 Å². The number of unbranched alkanes of at least 4 members (excludes halogenated alkanes) is 1. The van der Waals surface area contributed by atoms with Gasteiger partial charge in [-0.3, -0.25) is 14.5 Å². The number of carbonyl (C=O) groups is 2. The number of imide groups is 1. The normalized spacial score (nSPS) is 12.2. The van der Waals surface area contributed by atoms with Crippen LogP contribution in [0.5, 0.6) is 0 Å². The van der Waals surface area contributed by atoms with Crippen LogP contribution < -0.4 is 10.6 Å². The minimum Gasteiger partial charge on any atom is -0.369 e. The summed E-state index contributed by atoms with van der Waals surface area (Å²) in [5.74, 6) is 7.18. The van der Waals surface area contributed by atoms with Crippen molar-refractivity contribution in [2.24, 2.45) is 0 Å². The summed E-state index contributed by atoms with van der Waals surface area (Å²) in [6.45, 7) is 9.95. The van der Waals surface area contributed by atoms with Gasteiger partial charge in [-0.2, -0.15) is 9.97 Å². The number of fused-ring (bicyclic) bond motifs is 1. The molecule has 0 bridgehead atoms. The number of halogens is 3. The lowest BCUT2D eigenvalue weighted by atomic mass is 10.1. The summed E-state index contributed by atoms with van der Waals surface area (Å²) in [5, 5.41) is 6.91. The fourth-order valence-electron chi connectivity index (χ4n) is 3.86. The molecule has 2 amide bonds. The molecule has 0 atom stereocenters. The summed E-state index contributed by atoms with van der Waals surface area (Å²) in [6.07, 6.45) is 3.16. The van der Waals surface area contributed by atoms with Crippen molar-refractivity contribution < 1.29 is 17.0 Å². The smallest absolute Gasteiger partial charge is 0.261 e. The summed E-state index contributed by atoms with van der Waals surface area (Å²) in [6, 6.07) is 6.90. The number of aryl methyl sites for hydroxylation is 2. The number of hydrogen-bond acceptors (Lipinski definition) is 8. The third-order valence-electron chi connectivity index (χ3n) is 5.91. The molecule has 222 valence electrons. The molecule has 0 fully saturated rings. The molecule has 2 N–H and O–H groups in total. The molecule has 9 nitrogen and oxygen atoms in total. The van der Waals surface area contributed by atoms with Gasteiger partial charge in [0.15, 0.2) is 0 Å². The number of amides is 2. The van der Waals surface area contributed by atoms with E-state index in [-0.39, 0.29) is 18.5 Å². The molecule has 3 heterocycles. The maximum Gasteiger partial charge on any atom is 0.261 e. The Hall–Kier alpha value is -3.01. The quantitative estimate of drug-likeness (QED) is 0.0779. The fourth-order valence-corrected chi connectivity index (χ4v) is 4.72. The van der Waals surface area contributed by atoms with Crippen LogP contribution in [0.4, 0.5) is 11.6 Å². The molecule has 1 aromatic carbocycles. The SMILES string of the molecule is CCCNc1nc(Cl)nc(C)c1C#CCCCN1C(=O)c2ccccc2C1=O.CCCNc1nc(Cl)nc(C)c1I.[3HH].[3H][3H].[3H][3H]. The van der Waals surface area contributed by atoms with Gasteiger partial charge in [0, 0.05) is 33.4 Å². The first-order chi connectivity index (χ1) is 21.7. The molecule has 2 aromatic heterocycles. The van der Waals surface area contributed by atoms with Gasteiger partial charge < -0.3 is 10.6 Å². The zero-order valence-corrected chi connectivity index (χ0v) is 27.1. The minimum atomic E-state index is -0.235. The van der Waals surface area contributed by atoms with Gasteiger partial charge in [0.05, 0.1) is 31.6 Å². The summed E-state index contributed by atoms with van der Waals surface area (Å²) >= 11 is 13.9. The Morgan fingerprint density at radius 1 is 0.902 bits per heavy atom. The number of hydrogen-bond donors (Lipinski definition) is 2. The highest BCUT2D eigenvalue weighted by Gasteiger charge is 2.34. The first-order valence-corrected chi connectivity index (χ1v) is 15.2. The standard InChI is InChI=1S/C21H21ClN4O2.C8H11ClIN3.3H2/c1-3-12-23-18-15(14(2)24-21(22)25-18)9-5-4-8-13-26-19(27)16-10-6-7-11-17(16)20(26)28;1-3-4-11-7-6(10)5(2)12-8(9)13-7;;;/h6-7,10-11H,3-4,8,12-13H2,1-2H3,(H,23,24,25);3-4H2,1-2H3,(H,11,12,13);3*1H/i;;2*1+2T;1+2. The second-order valence-corrected chi connectivity index (χ2v) is 10.9. The Morgan fingerprint density at radius 3 is 2.02 bits per heavy atom. The van der Waals surface area contributed by atoms with Gasteiger partial charge in [-0.15, -0.1) is 0 Å². The second-order valence-electron chi connectivity index (χ2n) is 9.11. The number of rotatable bonds is 9. The minimum absolute atomic E-state index is 0. The molecule has 41 heavy (non-hydrogen) atoms. The van der Waals surface area contributed by atoms with Crippen LogP contribution >= 0.6 is 45.8 Å². The van der Waals surface area contributed by atoms with E-state index in [1.54, 1.807) is 24.3 Å². The van der Waals surface area contributed by atoms with Crippen LogP contribution in [0, 0.1) is 29.3 Å². The molecule has 4 rings (SSSR count). The molecule has 0 radical (unpaired) electrons. The van der Waals surface area contributed by atoms with Crippen LogP contribution in [0.15, 0.2) is 24.3 Å². The first kappa shape index (κ1) is 29.5. The number of benzene rings is 1. The molecule has 12 heteroatoms.